The maximum Gasteiger partial charge on any atom is 0.124 e. The molecule has 2 rings (SSSR count). The number of rotatable bonds is 6. The number of aryl methyl sites for hydroxylation is 1. The van der Waals surface area contributed by atoms with Gasteiger partial charge in [0.1, 0.15) is 5.82 Å². The van der Waals surface area contributed by atoms with Gasteiger partial charge in [-0.15, -0.1) is 11.3 Å². The Labute approximate surface area is 146 Å². The van der Waals surface area contributed by atoms with Crippen LogP contribution in [0.3, 0.4) is 0 Å². The highest BCUT2D eigenvalue weighted by atomic mass is 79.9. The summed E-state index contributed by atoms with van der Waals surface area (Å²) in [6, 6.07) is 7.38. The Morgan fingerprint density at radius 2 is 2.05 bits per heavy atom. The van der Waals surface area contributed by atoms with Crippen LogP contribution in [0.2, 0.25) is 0 Å². The fourth-order valence-electron chi connectivity index (χ4n) is 2.15. The van der Waals surface area contributed by atoms with Gasteiger partial charge in [0, 0.05) is 15.4 Å². The van der Waals surface area contributed by atoms with E-state index in [-0.39, 0.29) is 11.9 Å². The second kappa shape index (κ2) is 7.86. The lowest BCUT2D eigenvalue weighted by atomic mass is 10.0. The first kappa shape index (κ1) is 17.1. The third-order valence-electron chi connectivity index (χ3n) is 3.30. The maximum absolute atomic E-state index is 13.2. The highest BCUT2D eigenvalue weighted by Gasteiger charge is 2.17. The molecule has 0 spiro atoms. The third-order valence-corrected chi connectivity index (χ3v) is 6.29. The van der Waals surface area contributed by atoms with Crippen LogP contribution >= 0.6 is 43.2 Å². The number of nitrogens with one attached hydrogen (secondary N) is 1. The second-order valence-corrected chi connectivity index (χ2v) is 8.31. The average molecular weight is 435 g/mol. The summed E-state index contributed by atoms with van der Waals surface area (Å²) in [7, 11) is 0. The molecule has 1 heterocycles. The molecule has 0 aliphatic rings. The Kier molecular flexibility index (Phi) is 6.41. The van der Waals surface area contributed by atoms with E-state index in [1.807, 2.05) is 6.07 Å². The van der Waals surface area contributed by atoms with Crippen LogP contribution in [0, 0.1) is 12.7 Å². The molecule has 0 aliphatic heterocycles. The van der Waals surface area contributed by atoms with E-state index in [2.05, 4.69) is 57.1 Å². The number of hydrogen-bond acceptors (Lipinski definition) is 2. The van der Waals surface area contributed by atoms with Gasteiger partial charge in [-0.2, -0.15) is 0 Å². The Morgan fingerprint density at radius 1 is 1.29 bits per heavy atom. The van der Waals surface area contributed by atoms with E-state index in [1.165, 1.54) is 26.4 Å². The van der Waals surface area contributed by atoms with E-state index in [9.17, 15) is 4.39 Å². The summed E-state index contributed by atoms with van der Waals surface area (Å²) < 4.78 is 15.2. The lowest BCUT2D eigenvalue weighted by Crippen LogP contribution is -2.23. The molecule has 1 aromatic heterocycles. The summed E-state index contributed by atoms with van der Waals surface area (Å²) >= 11 is 8.82. The first-order valence-electron chi connectivity index (χ1n) is 6.94. The first-order chi connectivity index (χ1) is 10.0. The minimum Gasteiger partial charge on any atom is -0.309 e. The van der Waals surface area contributed by atoms with Gasteiger partial charge in [-0.3, -0.25) is 0 Å². The van der Waals surface area contributed by atoms with Gasteiger partial charge in [-0.1, -0.05) is 28.9 Å². The van der Waals surface area contributed by atoms with Crippen molar-refractivity contribution in [1.82, 2.24) is 5.32 Å². The molecule has 0 amide bonds. The van der Waals surface area contributed by atoms with Gasteiger partial charge in [-0.05, 0) is 71.6 Å². The van der Waals surface area contributed by atoms with E-state index in [4.69, 9.17) is 0 Å². The fourth-order valence-corrected chi connectivity index (χ4v) is 4.31. The van der Waals surface area contributed by atoms with E-state index < -0.39 is 0 Å². The number of hydrogen-bond donors (Lipinski definition) is 1. The van der Waals surface area contributed by atoms with Crippen molar-refractivity contribution in [2.24, 2.45) is 0 Å². The minimum atomic E-state index is -0.210. The van der Waals surface area contributed by atoms with Crippen molar-refractivity contribution in [2.45, 2.75) is 32.7 Å². The molecule has 1 unspecified atom stereocenters. The van der Waals surface area contributed by atoms with Crippen LogP contribution in [0.1, 0.15) is 35.4 Å². The minimum absolute atomic E-state index is 0.210. The number of benzene rings is 1. The van der Waals surface area contributed by atoms with Crippen molar-refractivity contribution in [3.63, 3.8) is 0 Å². The van der Waals surface area contributed by atoms with E-state index >= 15 is 0 Å². The molecule has 1 nitrogen and oxygen atoms in total. The van der Waals surface area contributed by atoms with Crippen molar-refractivity contribution in [1.29, 1.82) is 0 Å². The summed E-state index contributed by atoms with van der Waals surface area (Å²) in [4.78, 5) is 1.31. The Hall–Kier alpha value is -0.230. The largest absolute Gasteiger partial charge is 0.309 e. The molecule has 0 fully saturated rings. The van der Waals surface area contributed by atoms with E-state index in [0.717, 1.165) is 29.4 Å². The van der Waals surface area contributed by atoms with Gasteiger partial charge < -0.3 is 5.32 Å². The second-order valence-electron chi connectivity index (χ2n) is 5.05. The van der Waals surface area contributed by atoms with E-state index in [0.29, 0.717) is 0 Å². The molecule has 0 aliphatic carbocycles. The van der Waals surface area contributed by atoms with Crippen molar-refractivity contribution in [3.8, 4) is 0 Å². The zero-order valence-corrected chi connectivity index (χ0v) is 16.0. The SMILES string of the molecule is CCCNC(Cc1ccc(F)cc1Br)c1cc(C)c(Br)s1. The van der Waals surface area contributed by atoms with Gasteiger partial charge in [-0.25, -0.2) is 4.39 Å². The zero-order chi connectivity index (χ0) is 15.4. The molecule has 2 aromatic rings. The highest BCUT2D eigenvalue weighted by Crippen LogP contribution is 2.34. The van der Waals surface area contributed by atoms with Crippen LogP contribution in [0.4, 0.5) is 4.39 Å². The van der Waals surface area contributed by atoms with Gasteiger partial charge in [0.2, 0.25) is 0 Å². The molecule has 0 bridgehead atoms. The highest BCUT2D eigenvalue weighted by molar-refractivity contribution is 9.11. The van der Waals surface area contributed by atoms with Crippen LogP contribution in [0.15, 0.2) is 32.5 Å². The van der Waals surface area contributed by atoms with Crippen LogP contribution < -0.4 is 5.32 Å². The Morgan fingerprint density at radius 3 is 2.62 bits per heavy atom. The molecule has 5 heteroatoms. The van der Waals surface area contributed by atoms with Crippen molar-refractivity contribution in [3.05, 3.63) is 54.3 Å². The number of halogens is 3. The first-order valence-corrected chi connectivity index (χ1v) is 9.34. The summed E-state index contributed by atoms with van der Waals surface area (Å²) in [5.74, 6) is -0.210. The molecule has 0 saturated carbocycles. The molecular weight excluding hydrogens is 417 g/mol. The summed E-state index contributed by atoms with van der Waals surface area (Å²) in [6.45, 7) is 5.24. The van der Waals surface area contributed by atoms with Crippen LogP contribution in [-0.2, 0) is 6.42 Å². The fraction of sp³-hybridized carbons (Fsp3) is 0.375. The standard InChI is InChI=1S/C16H18Br2FNS/c1-3-6-20-14(15-7-10(2)16(18)21-15)8-11-4-5-12(19)9-13(11)17/h4-5,7,9,14,20H,3,6,8H2,1-2H3. The van der Waals surface area contributed by atoms with E-state index in [1.54, 1.807) is 11.3 Å². The molecule has 114 valence electrons. The van der Waals surface area contributed by atoms with Crippen LogP contribution in [-0.4, -0.2) is 6.54 Å². The molecule has 21 heavy (non-hydrogen) atoms. The summed E-state index contributed by atoms with van der Waals surface area (Å²) in [5, 5.41) is 3.59. The molecule has 0 radical (unpaired) electrons. The van der Waals surface area contributed by atoms with Crippen molar-refractivity contribution in [2.75, 3.05) is 6.54 Å². The Balaban J connectivity index is 2.23. The van der Waals surface area contributed by atoms with Gasteiger partial charge in [0.25, 0.3) is 0 Å². The number of thiophene rings is 1. The lowest BCUT2D eigenvalue weighted by Gasteiger charge is -2.18. The van der Waals surface area contributed by atoms with Crippen LogP contribution in [0.25, 0.3) is 0 Å². The topological polar surface area (TPSA) is 12.0 Å². The molecular formula is C16H18Br2FNS. The normalized spacial score (nSPS) is 12.6. The predicted molar refractivity (Wildman–Crippen MR) is 95.6 cm³/mol. The van der Waals surface area contributed by atoms with Gasteiger partial charge in [0.15, 0.2) is 0 Å². The Bertz CT molecular complexity index is 593. The summed E-state index contributed by atoms with van der Waals surface area (Å²) in [5.41, 5.74) is 2.38. The molecule has 1 atom stereocenters. The maximum atomic E-state index is 13.2. The third kappa shape index (κ3) is 4.62. The predicted octanol–water partition coefficient (Wildman–Crippen LogP) is 6.00. The quantitative estimate of drug-likeness (QED) is 0.587. The monoisotopic (exact) mass is 433 g/mol. The zero-order valence-electron chi connectivity index (χ0n) is 12.1. The van der Waals surface area contributed by atoms with Crippen molar-refractivity contribution >= 4 is 43.2 Å². The van der Waals surface area contributed by atoms with Gasteiger partial charge in [0.05, 0.1) is 3.79 Å². The average Bonchev–Trinajstić information content (AvgIpc) is 2.77. The van der Waals surface area contributed by atoms with Crippen LogP contribution in [0.5, 0.6) is 0 Å². The van der Waals surface area contributed by atoms with Gasteiger partial charge >= 0.3 is 0 Å². The lowest BCUT2D eigenvalue weighted by molar-refractivity contribution is 0.535. The molecule has 0 saturated heterocycles. The van der Waals surface area contributed by atoms with Crippen molar-refractivity contribution < 1.29 is 4.39 Å². The molecule has 1 N–H and O–H groups in total. The summed E-state index contributed by atoms with van der Waals surface area (Å²) in [6.07, 6.45) is 1.93. The molecule has 1 aromatic carbocycles. The smallest absolute Gasteiger partial charge is 0.124 e.